The molecule has 1 unspecified atom stereocenters. The van der Waals surface area contributed by atoms with Crippen LogP contribution in [-0.2, 0) is 4.79 Å². The molecule has 0 aliphatic carbocycles. The van der Waals surface area contributed by atoms with Crippen molar-refractivity contribution in [3.05, 3.63) is 28.5 Å². The Morgan fingerprint density at radius 2 is 2.08 bits per heavy atom. The molecule has 1 amide bonds. The van der Waals surface area contributed by atoms with E-state index in [1.54, 1.807) is 6.07 Å². The molecular formula is C16H22BrClFN3O2. The lowest BCUT2D eigenvalue weighted by Gasteiger charge is -2.32. The van der Waals surface area contributed by atoms with Crippen LogP contribution < -0.4 is 10.1 Å². The van der Waals surface area contributed by atoms with E-state index in [0.717, 1.165) is 45.7 Å². The van der Waals surface area contributed by atoms with Crippen LogP contribution in [-0.4, -0.2) is 67.6 Å². The summed E-state index contributed by atoms with van der Waals surface area (Å²) in [5, 5.41) is 3.34. The fourth-order valence-electron chi connectivity index (χ4n) is 3.14. The number of likely N-dealkylation sites (tertiary alicyclic amines) is 1. The second-order valence-electron chi connectivity index (χ2n) is 5.93. The first-order chi connectivity index (χ1) is 11.1. The normalized spacial score (nSPS) is 21.4. The Hall–Kier alpha value is -0.890. The van der Waals surface area contributed by atoms with E-state index in [1.165, 1.54) is 12.1 Å². The first-order valence-corrected chi connectivity index (χ1v) is 8.73. The summed E-state index contributed by atoms with van der Waals surface area (Å²) in [5.41, 5.74) is 0. The second kappa shape index (κ2) is 8.99. The molecule has 1 atom stereocenters. The molecule has 0 bridgehead atoms. The van der Waals surface area contributed by atoms with Crippen LogP contribution in [0.15, 0.2) is 22.7 Å². The highest BCUT2D eigenvalue weighted by molar-refractivity contribution is 9.10. The van der Waals surface area contributed by atoms with Crippen LogP contribution in [0.2, 0.25) is 0 Å². The molecule has 2 aliphatic rings. The number of amides is 1. The van der Waals surface area contributed by atoms with E-state index in [2.05, 4.69) is 26.1 Å². The van der Waals surface area contributed by atoms with Crippen LogP contribution in [0.5, 0.6) is 5.75 Å². The van der Waals surface area contributed by atoms with E-state index in [4.69, 9.17) is 4.74 Å². The molecule has 0 aromatic heterocycles. The third-order valence-electron chi connectivity index (χ3n) is 4.43. The summed E-state index contributed by atoms with van der Waals surface area (Å²) in [7, 11) is 0. The molecule has 0 spiro atoms. The quantitative estimate of drug-likeness (QED) is 0.805. The number of hydrogen-bond acceptors (Lipinski definition) is 4. The average molecular weight is 423 g/mol. The van der Waals surface area contributed by atoms with Crippen molar-refractivity contribution >= 4 is 34.2 Å². The van der Waals surface area contributed by atoms with Gasteiger partial charge in [0.1, 0.15) is 0 Å². The van der Waals surface area contributed by atoms with Gasteiger partial charge in [0.05, 0.1) is 0 Å². The van der Waals surface area contributed by atoms with Crippen molar-refractivity contribution in [2.75, 3.05) is 45.9 Å². The van der Waals surface area contributed by atoms with Crippen molar-refractivity contribution < 1.29 is 13.9 Å². The third kappa shape index (κ3) is 4.81. The van der Waals surface area contributed by atoms with E-state index in [-0.39, 0.29) is 30.7 Å². The Morgan fingerprint density at radius 3 is 2.79 bits per heavy atom. The van der Waals surface area contributed by atoms with E-state index < -0.39 is 5.82 Å². The molecule has 0 radical (unpaired) electrons. The molecule has 1 N–H and O–H groups in total. The highest BCUT2D eigenvalue weighted by atomic mass is 79.9. The van der Waals surface area contributed by atoms with Gasteiger partial charge in [-0.2, -0.15) is 0 Å². The zero-order valence-corrected chi connectivity index (χ0v) is 15.7. The van der Waals surface area contributed by atoms with Crippen LogP contribution in [0.1, 0.15) is 6.42 Å². The molecule has 2 fully saturated rings. The predicted octanol–water partition coefficient (Wildman–Crippen LogP) is 1.89. The van der Waals surface area contributed by atoms with Crippen LogP contribution in [0.3, 0.4) is 0 Å². The lowest BCUT2D eigenvalue weighted by Crippen LogP contribution is -2.49. The van der Waals surface area contributed by atoms with Gasteiger partial charge in [0.25, 0.3) is 5.91 Å². The number of nitrogens with zero attached hydrogens (tertiary/aromatic N) is 2. The van der Waals surface area contributed by atoms with Crippen molar-refractivity contribution in [1.29, 1.82) is 0 Å². The molecule has 134 valence electrons. The van der Waals surface area contributed by atoms with Gasteiger partial charge in [-0.15, -0.1) is 12.4 Å². The Balaban J connectivity index is 0.00000208. The summed E-state index contributed by atoms with van der Waals surface area (Å²) < 4.78 is 19.7. The Labute approximate surface area is 156 Å². The molecule has 2 heterocycles. The number of nitrogens with one attached hydrogen (secondary N) is 1. The van der Waals surface area contributed by atoms with Crippen molar-refractivity contribution in [2.24, 2.45) is 0 Å². The van der Waals surface area contributed by atoms with Crippen LogP contribution in [0.25, 0.3) is 0 Å². The SMILES string of the molecule is Cl.O=C(COc1ccc(Br)cc1F)N1CCC(N2CCNCC2)C1. The zero-order chi connectivity index (χ0) is 16.2. The van der Waals surface area contributed by atoms with E-state index >= 15 is 0 Å². The second-order valence-corrected chi connectivity index (χ2v) is 6.85. The molecule has 1 aromatic carbocycles. The lowest BCUT2D eigenvalue weighted by atomic mass is 10.2. The maximum atomic E-state index is 13.7. The molecule has 8 heteroatoms. The summed E-state index contributed by atoms with van der Waals surface area (Å²) in [4.78, 5) is 16.5. The lowest BCUT2D eigenvalue weighted by molar-refractivity contribution is -0.132. The number of ether oxygens (including phenoxy) is 1. The summed E-state index contributed by atoms with van der Waals surface area (Å²) >= 11 is 3.19. The van der Waals surface area contributed by atoms with Crippen LogP contribution in [0.4, 0.5) is 4.39 Å². The fraction of sp³-hybridized carbons (Fsp3) is 0.562. The summed E-state index contributed by atoms with van der Waals surface area (Å²) in [6.07, 6.45) is 0.998. The molecule has 3 rings (SSSR count). The number of hydrogen-bond donors (Lipinski definition) is 1. The summed E-state index contributed by atoms with van der Waals surface area (Å²) in [6, 6.07) is 4.99. The first-order valence-electron chi connectivity index (χ1n) is 7.94. The van der Waals surface area contributed by atoms with Gasteiger partial charge in [0, 0.05) is 49.8 Å². The van der Waals surface area contributed by atoms with E-state index in [9.17, 15) is 9.18 Å². The van der Waals surface area contributed by atoms with Gasteiger partial charge in [-0.1, -0.05) is 15.9 Å². The summed E-state index contributed by atoms with van der Waals surface area (Å²) in [6.45, 7) is 5.46. The average Bonchev–Trinajstić information content (AvgIpc) is 3.05. The topological polar surface area (TPSA) is 44.8 Å². The Bertz CT molecular complexity index is 572. The number of carbonyl (C=O) groups is 1. The van der Waals surface area contributed by atoms with Gasteiger partial charge in [-0.05, 0) is 24.6 Å². The van der Waals surface area contributed by atoms with Crippen LogP contribution in [0, 0.1) is 5.82 Å². The number of rotatable bonds is 4. The zero-order valence-electron chi connectivity index (χ0n) is 13.3. The minimum Gasteiger partial charge on any atom is -0.481 e. The minimum atomic E-state index is -0.465. The number of piperazine rings is 1. The number of carbonyl (C=O) groups excluding carboxylic acids is 1. The molecule has 24 heavy (non-hydrogen) atoms. The fourth-order valence-corrected chi connectivity index (χ4v) is 3.47. The minimum absolute atomic E-state index is 0. The van der Waals surface area contributed by atoms with Gasteiger partial charge in [0.2, 0.25) is 0 Å². The largest absolute Gasteiger partial charge is 0.481 e. The molecule has 2 saturated heterocycles. The van der Waals surface area contributed by atoms with Crippen molar-refractivity contribution in [3.8, 4) is 5.75 Å². The van der Waals surface area contributed by atoms with E-state index in [0.29, 0.717) is 10.5 Å². The first kappa shape index (κ1) is 19.4. The molecule has 2 aliphatic heterocycles. The highest BCUT2D eigenvalue weighted by Gasteiger charge is 2.31. The smallest absolute Gasteiger partial charge is 0.260 e. The Kier molecular flexibility index (Phi) is 7.28. The molecule has 0 saturated carbocycles. The standard InChI is InChI=1S/C16H21BrFN3O2.ClH/c17-12-1-2-15(14(18)9-12)23-11-16(22)21-6-3-13(10-21)20-7-4-19-5-8-20;/h1-2,9,13,19H,3-8,10-11H2;1H. The maximum absolute atomic E-state index is 13.7. The van der Waals surface area contributed by atoms with Gasteiger partial charge < -0.3 is 15.0 Å². The van der Waals surface area contributed by atoms with Gasteiger partial charge in [0.15, 0.2) is 18.2 Å². The molecule has 5 nitrogen and oxygen atoms in total. The number of benzene rings is 1. The van der Waals surface area contributed by atoms with Gasteiger partial charge in [-0.3, -0.25) is 9.69 Å². The number of halogens is 3. The van der Waals surface area contributed by atoms with E-state index in [1.807, 2.05) is 4.90 Å². The van der Waals surface area contributed by atoms with Crippen molar-refractivity contribution in [3.63, 3.8) is 0 Å². The van der Waals surface area contributed by atoms with Crippen LogP contribution >= 0.6 is 28.3 Å². The summed E-state index contributed by atoms with van der Waals surface area (Å²) in [5.74, 6) is -0.434. The maximum Gasteiger partial charge on any atom is 0.260 e. The van der Waals surface area contributed by atoms with Gasteiger partial charge >= 0.3 is 0 Å². The highest BCUT2D eigenvalue weighted by Crippen LogP contribution is 2.22. The third-order valence-corrected chi connectivity index (χ3v) is 4.92. The van der Waals surface area contributed by atoms with Crippen molar-refractivity contribution in [1.82, 2.24) is 15.1 Å². The van der Waals surface area contributed by atoms with Crippen molar-refractivity contribution in [2.45, 2.75) is 12.5 Å². The molecule has 1 aromatic rings. The predicted molar refractivity (Wildman–Crippen MR) is 96.3 cm³/mol. The molecular weight excluding hydrogens is 401 g/mol. The Morgan fingerprint density at radius 1 is 1.33 bits per heavy atom. The van der Waals surface area contributed by atoms with Gasteiger partial charge in [-0.25, -0.2) is 4.39 Å². The monoisotopic (exact) mass is 421 g/mol.